The number of aromatic nitrogens is 1. The summed E-state index contributed by atoms with van der Waals surface area (Å²) in [6, 6.07) is 6.67. The van der Waals surface area contributed by atoms with Gasteiger partial charge in [-0.2, -0.15) is 13.2 Å². The number of halogens is 4. The van der Waals surface area contributed by atoms with Gasteiger partial charge < -0.3 is 10.2 Å². The number of carbonyl (C=O) groups is 1. The second-order valence-corrected chi connectivity index (χ2v) is 6.65. The van der Waals surface area contributed by atoms with E-state index in [4.69, 9.17) is 11.6 Å². The second kappa shape index (κ2) is 6.60. The van der Waals surface area contributed by atoms with Crippen LogP contribution in [0.5, 0.6) is 0 Å². The Morgan fingerprint density at radius 1 is 1.33 bits per heavy atom. The maximum Gasteiger partial charge on any atom is 0.434 e. The van der Waals surface area contributed by atoms with E-state index in [0.29, 0.717) is 18.0 Å². The third kappa shape index (κ3) is 3.64. The number of nitrogens with zero attached hydrogens (tertiary/aromatic N) is 2. The van der Waals surface area contributed by atoms with Gasteiger partial charge in [-0.25, -0.2) is 4.98 Å². The van der Waals surface area contributed by atoms with Crippen molar-refractivity contribution in [3.8, 4) is 0 Å². The highest BCUT2D eigenvalue weighted by atomic mass is 35.5. The predicted molar refractivity (Wildman–Crippen MR) is 87.6 cm³/mol. The fourth-order valence-corrected chi connectivity index (χ4v) is 3.48. The van der Waals surface area contributed by atoms with E-state index in [2.05, 4.69) is 10.3 Å². The van der Waals surface area contributed by atoms with Gasteiger partial charge in [0.15, 0.2) is 10.8 Å². The van der Waals surface area contributed by atoms with E-state index in [-0.39, 0.29) is 11.0 Å². The van der Waals surface area contributed by atoms with Crippen LogP contribution in [-0.4, -0.2) is 23.5 Å². The van der Waals surface area contributed by atoms with Gasteiger partial charge in [0, 0.05) is 22.6 Å². The van der Waals surface area contributed by atoms with E-state index >= 15 is 0 Å². The van der Waals surface area contributed by atoms with Crippen molar-refractivity contribution < 1.29 is 18.0 Å². The van der Waals surface area contributed by atoms with Gasteiger partial charge in [0.1, 0.15) is 6.04 Å². The van der Waals surface area contributed by atoms with Crippen LogP contribution in [0.2, 0.25) is 5.02 Å². The number of alkyl halides is 3. The summed E-state index contributed by atoms with van der Waals surface area (Å²) in [5, 5.41) is 3.93. The summed E-state index contributed by atoms with van der Waals surface area (Å²) < 4.78 is 37.7. The molecule has 128 valence electrons. The molecule has 1 aromatic carbocycles. The van der Waals surface area contributed by atoms with Crippen LogP contribution in [0.3, 0.4) is 0 Å². The summed E-state index contributed by atoms with van der Waals surface area (Å²) >= 11 is 6.63. The van der Waals surface area contributed by atoms with E-state index in [9.17, 15) is 18.0 Å². The van der Waals surface area contributed by atoms with E-state index in [1.165, 1.54) is 0 Å². The van der Waals surface area contributed by atoms with Crippen LogP contribution in [0, 0.1) is 0 Å². The first-order valence-electron chi connectivity index (χ1n) is 7.20. The lowest BCUT2D eigenvalue weighted by molar-refractivity contribution is -0.140. The Morgan fingerprint density at radius 2 is 2.04 bits per heavy atom. The number of hydrogen-bond acceptors (Lipinski definition) is 4. The Labute approximate surface area is 145 Å². The lowest BCUT2D eigenvalue weighted by Crippen LogP contribution is -2.39. The third-order valence-electron chi connectivity index (χ3n) is 3.74. The summed E-state index contributed by atoms with van der Waals surface area (Å²) in [5.41, 5.74) is -0.143. The Kier molecular flexibility index (Phi) is 4.69. The fraction of sp³-hybridized carbons (Fsp3) is 0.333. The molecule has 4 nitrogen and oxygen atoms in total. The van der Waals surface area contributed by atoms with Crippen molar-refractivity contribution >= 4 is 39.7 Å². The van der Waals surface area contributed by atoms with Gasteiger partial charge in [0.2, 0.25) is 5.91 Å². The normalized spacial score (nSPS) is 18.0. The molecule has 1 amide bonds. The lowest BCUT2D eigenvalue weighted by Gasteiger charge is -2.25. The highest BCUT2D eigenvalue weighted by molar-refractivity contribution is 7.13. The minimum Gasteiger partial charge on any atom is -0.360 e. The van der Waals surface area contributed by atoms with Crippen LogP contribution in [0.1, 0.15) is 18.5 Å². The molecule has 0 spiro atoms. The molecule has 1 aliphatic rings. The van der Waals surface area contributed by atoms with E-state index < -0.39 is 17.9 Å². The van der Waals surface area contributed by atoms with Gasteiger partial charge in [-0.15, -0.1) is 11.3 Å². The van der Waals surface area contributed by atoms with Crippen molar-refractivity contribution in [1.82, 2.24) is 4.98 Å². The quantitative estimate of drug-likeness (QED) is 0.863. The van der Waals surface area contributed by atoms with E-state index in [1.807, 2.05) is 17.0 Å². The number of nitrogens with one attached hydrogen (secondary N) is 1. The molecule has 1 aromatic heterocycles. The number of thiazole rings is 1. The number of anilines is 2. The fourth-order valence-electron chi connectivity index (χ4n) is 2.63. The molecule has 0 saturated carbocycles. The average Bonchev–Trinajstić information content (AvgIpc) is 3.16. The van der Waals surface area contributed by atoms with Crippen LogP contribution in [0.25, 0.3) is 0 Å². The van der Waals surface area contributed by atoms with Crippen molar-refractivity contribution in [2.24, 2.45) is 0 Å². The van der Waals surface area contributed by atoms with Crippen LogP contribution < -0.4 is 10.2 Å². The minimum atomic E-state index is -4.51. The first-order chi connectivity index (χ1) is 11.3. The molecule has 1 aliphatic heterocycles. The van der Waals surface area contributed by atoms with Gasteiger partial charge in [0.05, 0.1) is 0 Å². The molecule has 1 saturated heterocycles. The van der Waals surface area contributed by atoms with Gasteiger partial charge >= 0.3 is 6.18 Å². The highest BCUT2D eigenvalue weighted by Gasteiger charge is 2.35. The summed E-state index contributed by atoms with van der Waals surface area (Å²) in [4.78, 5) is 17.8. The van der Waals surface area contributed by atoms with Crippen molar-refractivity contribution in [3.63, 3.8) is 0 Å². The molecule has 2 heterocycles. The molecule has 0 aliphatic carbocycles. The number of amides is 1. The molecule has 9 heteroatoms. The topological polar surface area (TPSA) is 45.2 Å². The molecule has 1 N–H and O–H groups in total. The van der Waals surface area contributed by atoms with Crippen LogP contribution in [0.15, 0.2) is 29.6 Å². The van der Waals surface area contributed by atoms with Gasteiger partial charge in [-0.3, -0.25) is 4.79 Å². The Hall–Kier alpha value is -1.80. The highest BCUT2D eigenvalue weighted by Crippen LogP contribution is 2.32. The number of rotatable bonds is 3. The molecule has 0 unspecified atom stereocenters. The number of hydrogen-bond donors (Lipinski definition) is 1. The van der Waals surface area contributed by atoms with Gasteiger partial charge in [-0.05, 0) is 37.1 Å². The average molecular weight is 376 g/mol. The van der Waals surface area contributed by atoms with E-state index in [0.717, 1.165) is 28.8 Å². The molecule has 3 rings (SSSR count). The summed E-state index contributed by atoms with van der Waals surface area (Å²) in [5.74, 6) is -0.356. The molecule has 1 atom stereocenters. The van der Waals surface area contributed by atoms with Crippen molar-refractivity contribution in [1.29, 1.82) is 0 Å². The summed E-state index contributed by atoms with van der Waals surface area (Å²) in [7, 11) is 0. The number of benzene rings is 1. The Bertz CT molecular complexity index is 732. The summed E-state index contributed by atoms with van der Waals surface area (Å²) in [6.07, 6.45) is -3.06. The molecule has 0 radical (unpaired) electrons. The smallest absolute Gasteiger partial charge is 0.360 e. The maximum absolute atomic E-state index is 12.6. The van der Waals surface area contributed by atoms with Gasteiger partial charge in [0.25, 0.3) is 0 Å². The molecule has 2 aromatic rings. The SMILES string of the molecule is O=C(Nc1nc(C(F)(F)F)cs1)[C@@H]1CCCN1c1ccc(Cl)cc1. The molecule has 24 heavy (non-hydrogen) atoms. The lowest BCUT2D eigenvalue weighted by atomic mass is 10.2. The Balaban J connectivity index is 1.72. The first-order valence-corrected chi connectivity index (χ1v) is 8.46. The third-order valence-corrected chi connectivity index (χ3v) is 4.75. The zero-order chi connectivity index (χ0) is 17.3. The first kappa shape index (κ1) is 17.0. The van der Waals surface area contributed by atoms with Crippen molar-refractivity contribution in [2.75, 3.05) is 16.8 Å². The van der Waals surface area contributed by atoms with Crippen molar-refractivity contribution in [3.05, 3.63) is 40.4 Å². The predicted octanol–water partition coefficient (Wildman–Crippen LogP) is 4.42. The zero-order valence-electron chi connectivity index (χ0n) is 12.3. The molecular weight excluding hydrogens is 363 g/mol. The van der Waals surface area contributed by atoms with Crippen LogP contribution in [0.4, 0.5) is 24.0 Å². The monoisotopic (exact) mass is 375 g/mol. The molecule has 1 fully saturated rings. The summed E-state index contributed by atoms with van der Waals surface area (Å²) in [6.45, 7) is 0.700. The van der Waals surface area contributed by atoms with Crippen LogP contribution in [-0.2, 0) is 11.0 Å². The minimum absolute atomic E-state index is 0.0460. The van der Waals surface area contributed by atoms with Gasteiger partial charge in [-0.1, -0.05) is 11.6 Å². The Morgan fingerprint density at radius 3 is 2.67 bits per heavy atom. The number of carbonyl (C=O) groups excluding carboxylic acids is 1. The van der Waals surface area contributed by atoms with Crippen LogP contribution >= 0.6 is 22.9 Å². The zero-order valence-corrected chi connectivity index (χ0v) is 13.9. The largest absolute Gasteiger partial charge is 0.434 e. The maximum atomic E-state index is 12.6. The second-order valence-electron chi connectivity index (χ2n) is 5.35. The van der Waals surface area contributed by atoms with E-state index in [1.54, 1.807) is 12.1 Å². The standard InChI is InChI=1S/C15H13ClF3N3OS/c16-9-3-5-10(6-4-9)22-7-1-2-11(22)13(23)21-14-20-12(8-24-14)15(17,18)19/h3-6,8,11H,1-2,7H2,(H,20,21,23)/t11-/m0/s1. The molecular formula is C15H13ClF3N3OS. The molecule has 0 bridgehead atoms. The van der Waals surface area contributed by atoms with Crippen molar-refractivity contribution in [2.45, 2.75) is 25.1 Å².